The second kappa shape index (κ2) is 7.01. The normalized spacial score (nSPS) is 23.0. The Kier molecular flexibility index (Phi) is 6.38. The Hall–Kier alpha value is 0.580. The molecule has 1 aliphatic heterocycles. The van der Waals surface area contributed by atoms with Crippen LogP contribution in [0.25, 0.3) is 0 Å². The molecular weight excluding hydrogens is 230 g/mol. The summed E-state index contributed by atoms with van der Waals surface area (Å²) in [7, 11) is 0. The van der Waals surface area contributed by atoms with Crippen molar-refractivity contribution in [3.63, 3.8) is 0 Å². The second-order valence-corrected chi connectivity index (χ2v) is 6.88. The van der Waals surface area contributed by atoms with E-state index in [1.54, 1.807) is 0 Å². The lowest BCUT2D eigenvalue weighted by Crippen LogP contribution is -2.41. The van der Waals surface area contributed by atoms with Crippen LogP contribution in [-0.2, 0) is 0 Å². The number of aliphatic hydroxyl groups is 2. The van der Waals surface area contributed by atoms with E-state index in [-0.39, 0.29) is 18.6 Å². The number of thioether (sulfide) groups is 2. The first-order valence-electron chi connectivity index (χ1n) is 5.32. The van der Waals surface area contributed by atoms with Crippen molar-refractivity contribution in [3.05, 3.63) is 0 Å². The van der Waals surface area contributed by atoms with Crippen molar-refractivity contribution < 1.29 is 10.2 Å². The molecule has 0 bridgehead atoms. The minimum atomic E-state index is -0.382. The zero-order valence-electron chi connectivity index (χ0n) is 9.24. The van der Waals surface area contributed by atoms with Crippen LogP contribution in [0.3, 0.4) is 0 Å². The average molecular weight is 251 g/mol. The van der Waals surface area contributed by atoms with E-state index in [1.807, 2.05) is 30.4 Å². The van der Waals surface area contributed by atoms with Crippen molar-refractivity contribution in [3.8, 4) is 0 Å². The fourth-order valence-electron chi connectivity index (χ4n) is 1.35. The SMILES string of the molecule is CC(CO)(CO)CNCC1CSCCS1. The lowest BCUT2D eigenvalue weighted by molar-refractivity contribution is 0.0700. The van der Waals surface area contributed by atoms with Crippen LogP contribution in [-0.4, -0.2) is 59.0 Å². The molecule has 3 nitrogen and oxygen atoms in total. The van der Waals surface area contributed by atoms with Crippen molar-refractivity contribution in [2.45, 2.75) is 12.2 Å². The Morgan fingerprint density at radius 1 is 1.33 bits per heavy atom. The monoisotopic (exact) mass is 251 g/mol. The smallest absolute Gasteiger partial charge is 0.0518 e. The Morgan fingerprint density at radius 2 is 2.07 bits per heavy atom. The first-order valence-corrected chi connectivity index (χ1v) is 7.52. The summed E-state index contributed by atoms with van der Waals surface area (Å²) in [4.78, 5) is 0. The van der Waals surface area contributed by atoms with Gasteiger partial charge in [0.1, 0.15) is 0 Å². The van der Waals surface area contributed by atoms with Crippen molar-refractivity contribution in [2.24, 2.45) is 5.41 Å². The number of hydrogen-bond donors (Lipinski definition) is 3. The van der Waals surface area contributed by atoms with Crippen molar-refractivity contribution >= 4 is 23.5 Å². The lowest BCUT2D eigenvalue weighted by Gasteiger charge is -2.27. The zero-order chi connectivity index (χ0) is 11.1. The lowest BCUT2D eigenvalue weighted by atomic mass is 9.93. The molecule has 0 amide bonds. The summed E-state index contributed by atoms with van der Waals surface area (Å²) in [5, 5.41) is 22.3. The van der Waals surface area contributed by atoms with E-state index in [2.05, 4.69) is 5.32 Å². The van der Waals surface area contributed by atoms with Crippen molar-refractivity contribution in [2.75, 3.05) is 43.6 Å². The topological polar surface area (TPSA) is 52.5 Å². The third-order valence-corrected chi connectivity index (χ3v) is 5.42. The van der Waals surface area contributed by atoms with E-state index in [9.17, 15) is 0 Å². The maximum atomic E-state index is 9.11. The van der Waals surface area contributed by atoms with Gasteiger partial charge in [-0.05, 0) is 0 Å². The summed E-state index contributed by atoms with van der Waals surface area (Å²) in [6.45, 7) is 3.61. The second-order valence-electron chi connectivity index (χ2n) is 4.33. The summed E-state index contributed by atoms with van der Waals surface area (Å²) in [6.07, 6.45) is 0. The van der Waals surface area contributed by atoms with Crippen LogP contribution < -0.4 is 5.32 Å². The molecule has 1 heterocycles. The van der Waals surface area contributed by atoms with Crippen LogP contribution in [0, 0.1) is 5.41 Å². The minimum absolute atomic E-state index is 0.0308. The van der Waals surface area contributed by atoms with Crippen LogP contribution in [0.4, 0.5) is 0 Å². The first kappa shape index (κ1) is 13.6. The Bertz CT molecular complexity index is 171. The third-order valence-electron chi connectivity index (χ3n) is 2.57. The van der Waals surface area contributed by atoms with Gasteiger partial charge in [-0.2, -0.15) is 23.5 Å². The standard InChI is InChI=1S/C10H21NO2S2/c1-10(7-12,8-13)6-11-4-9-5-14-2-3-15-9/h9,11-13H,2-8H2,1H3. The maximum Gasteiger partial charge on any atom is 0.0518 e. The minimum Gasteiger partial charge on any atom is -0.396 e. The van der Waals surface area contributed by atoms with Gasteiger partial charge >= 0.3 is 0 Å². The summed E-state index contributed by atoms with van der Waals surface area (Å²) in [5.41, 5.74) is -0.382. The molecule has 0 aromatic heterocycles. The Labute approximate surface area is 100 Å². The fourth-order valence-corrected chi connectivity index (χ4v) is 4.00. The first-order chi connectivity index (χ1) is 7.20. The fraction of sp³-hybridized carbons (Fsp3) is 1.00. The van der Waals surface area contributed by atoms with Gasteiger partial charge in [0.2, 0.25) is 0 Å². The highest BCUT2D eigenvalue weighted by Gasteiger charge is 2.22. The van der Waals surface area contributed by atoms with Gasteiger partial charge < -0.3 is 15.5 Å². The van der Waals surface area contributed by atoms with Gasteiger partial charge in [0, 0.05) is 41.0 Å². The molecule has 0 aromatic rings. The molecule has 1 unspecified atom stereocenters. The van der Waals surface area contributed by atoms with E-state index in [1.165, 1.54) is 17.3 Å². The number of aliphatic hydroxyl groups excluding tert-OH is 2. The highest BCUT2D eigenvalue weighted by atomic mass is 32.2. The summed E-state index contributed by atoms with van der Waals surface area (Å²) in [6, 6.07) is 0. The van der Waals surface area contributed by atoms with E-state index >= 15 is 0 Å². The predicted molar refractivity (Wildman–Crippen MR) is 68.7 cm³/mol. The molecule has 1 fully saturated rings. The van der Waals surface area contributed by atoms with Crippen LogP contribution in [0.2, 0.25) is 0 Å². The molecule has 90 valence electrons. The van der Waals surface area contributed by atoms with Crippen molar-refractivity contribution in [1.29, 1.82) is 0 Å². The molecule has 1 saturated heterocycles. The van der Waals surface area contributed by atoms with Crippen molar-refractivity contribution in [1.82, 2.24) is 5.32 Å². The zero-order valence-corrected chi connectivity index (χ0v) is 10.9. The van der Waals surface area contributed by atoms with Gasteiger partial charge in [0.15, 0.2) is 0 Å². The third kappa shape index (κ3) is 4.95. The van der Waals surface area contributed by atoms with E-state index in [0.29, 0.717) is 11.8 Å². The molecule has 15 heavy (non-hydrogen) atoms. The molecule has 0 aromatic carbocycles. The molecular formula is C10H21NO2S2. The predicted octanol–water partition coefficient (Wildman–Crippen LogP) is 0.416. The van der Waals surface area contributed by atoms with Gasteiger partial charge in [-0.1, -0.05) is 6.92 Å². The molecule has 1 atom stereocenters. The van der Waals surface area contributed by atoms with Crippen LogP contribution in [0.15, 0.2) is 0 Å². The number of rotatable bonds is 6. The van der Waals surface area contributed by atoms with Gasteiger partial charge in [-0.3, -0.25) is 0 Å². The quantitative estimate of drug-likeness (QED) is 0.639. The largest absolute Gasteiger partial charge is 0.396 e. The molecule has 5 heteroatoms. The van der Waals surface area contributed by atoms with E-state index < -0.39 is 0 Å². The van der Waals surface area contributed by atoms with Gasteiger partial charge in [-0.25, -0.2) is 0 Å². The van der Waals surface area contributed by atoms with Gasteiger partial charge in [0.05, 0.1) is 13.2 Å². The highest BCUT2D eigenvalue weighted by Crippen LogP contribution is 2.23. The average Bonchev–Trinajstić information content (AvgIpc) is 2.30. The van der Waals surface area contributed by atoms with Gasteiger partial charge in [0.25, 0.3) is 0 Å². The molecule has 0 saturated carbocycles. The molecule has 1 aliphatic rings. The van der Waals surface area contributed by atoms with E-state index in [0.717, 1.165) is 6.54 Å². The summed E-state index contributed by atoms with van der Waals surface area (Å²) in [5.74, 6) is 3.73. The number of nitrogens with one attached hydrogen (secondary N) is 1. The summed E-state index contributed by atoms with van der Waals surface area (Å²) >= 11 is 4.03. The molecule has 1 rings (SSSR count). The molecule has 3 N–H and O–H groups in total. The molecule has 0 aliphatic carbocycles. The van der Waals surface area contributed by atoms with Gasteiger partial charge in [-0.15, -0.1) is 0 Å². The van der Waals surface area contributed by atoms with Crippen LogP contribution in [0.1, 0.15) is 6.92 Å². The van der Waals surface area contributed by atoms with Crippen LogP contribution in [0.5, 0.6) is 0 Å². The Morgan fingerprint density at radius 3 is 2.60 bits per heavy atom. The molecule has 0 radical (unpaired) electrons. The summed E-state index contributed by atoms with van der Waals surface area (Å²) < 4.78 is 0. The Balaban J connectivity index is 2.14. The van der Waals surface area contributed by atoms with E-state index in [4.69, 9.17) is 10.2 Å². The number of hydrogen-bond acceptors (Lipinski definition) is 5. The van der Waals surface area contributed by atoms with Crippen LogP contribution >= 0.6 is 23.5 Å². The highest BCUT2D eigenvalue weighted by molar-refractivity contribution is 8.06. The maximum absolute atomic E-state index is 9.11. The molecule has 0 spiro atoms.